The van der Waals surface area contributed by atoms with Crippen LogP contribution < -0.4 is 5.32 Å². The average molecular weight is 334 g/mol. The Bertz CT molecular complexity index is 771. The molecule has 0 aliphatic rings. The maximum Gasteiger partial charge on any atom is 0.248 e. The molecule has 0 radical (unpaired) electrons. The van der Waals surface area contributed by atoms with Gasteiger partial charge in [-0.05, 0) is 29.1 Å². The van der Waals surface area contributed by atoms with Crippen LogP contribution in [-0.2, 0) is 17.8 Å². The van der Waals surface area contributed by atoms with Gasteiger partial charge in [-0.15, -0.1) is 10.2 Å². The van der Waals surface area contributed by atoms with Gasteiger partial charge in [-0.25, -0.2) is 0 Å². The molecule has 1 amide bonds. The summed E-state index contributed by atoms with van der Waals surface area (Å²) in [5.74, 6) is 0.546. The molecule has 3 aromatic rings. The number of benzene rings is 1. The first kappa shape index (κ1) is 14.7. The Morgan fingerprint density at radius 3 is 3.00 bits per heavy atom. The fraction of sp³-hybridized carbons (Fsp3) is 0.133. The predicted octanol–water partition coefficient (Wildman–Crippen LogP) is 3.31. The quantitative estimate of drug-likeness (QED) is 0.777. The molecule has 0 bridgehead atoms. The summed E-state index contributed by atoms with van der Waals surface area (Å²) in [6.07, 6.45) is 0.0533. The molecule has 2 heterocycles. The van der Waals surface area contributed by atoms with Crippen molar-refractivity contribution in [1.29, 1.82) is 0 Å². The Morgan fingerprint density at radius 1 is 1.32 bits per heavy atom. The molecule has 5 nitrogen and oxygen atoms in total. The van der Waals surface area contributed by atoms with Crippen molar-refractivity contribution in [2.24, 2.45) is 0 Å². The van der Waals surface area contributed by atoms with Crippen LogP contribution in [0.25, 0.3) is 11.5 Å². The maximum absolute atomic E-state index is 11.9. The van der Waals surface area contributed by atoms with E-state index in [1.54, 1.807) is 17.4 Å². The van der Waals surface area contributed by atoms with Gasteiger partial charge in [0.15, 0.2) is 0 Å². The highest BCUT2D eigenvalue weighted by Crippen LogP contribution is 2.20. The molecular formula is C15H12ClN3O2S. The first-order valence-corrected chi connectivity index (χ1v) is 7.89. The summed E-state index contributed by atoms with van der Waals surface area (Å²) >= 11 is 7.44. The Morgan fingerprint density at radius 2 is 2.23 bits per heavy atom. The third-order valence-electron chi connectivity index (χ3n) is 2.93. The van der Waals surface area contributed by atoms with Gasteiger partial charge in [-0.3, -0.25) is 4.79 Å². The molecule has 0 saturated carbocycles. The van der Waals surface area contributed by atoms with Crippen LogP contribution in [0, 0.1) is 0 Å². The van der Waals surface area contributed by atoms with E-state index in [0.717, 1.165) is 11.1 Å². The van der Waals surface area contributed by atoms with E-state index in [-0.39, 0.29) is 12.3 Å². The molecule has 0 saturated heterocycles. The van der Waals surface area contributed by atoms with E-state index >= 15 is 0 Å². The van der Waals surface area contributed by atoms with Crippen LogP contribution in [0.5, 0.6) is 0 Å². The highest BCUT2D eigenvalue weighted by molar-refractivity contribution is 7.08. The van der Waals surface area contributed by atoms with Crippen molar-refractivity contribution < 1.29 is 9.21 Å². The Hall–Kier alpha value is -2.18. The first-order chi connectivity index (χ1) is 10.7. The van der Waals surface area contributed by atoms with Gasteiger partial charge in [0.1, 0.15) is 6.42 Å². The third-order valence-corrected chi connectivity index (χ3v) is 3.84. The molecule has 0 fully saturated rings. The number of carbonyl (C=O) groups is 1. The van der Waals surface area contributed by atoms with Gasteiger partial charge >= 0.3 is 0 Å². The highest BCUT2D eigenvalue weighted by Gasteiger charge is 2.12. The molecule has 1 aromatic carbocycles. The van der Waals surface area contributed by atoms with Gasteiger partial charge in [0.25, 0.3) is 0 Å². The van der Waals surface area contributed by atoms with E-state index in [1.165, 1.54) is 0 Å². The van der Waals surface area contributed by atoms with Crippen LogP contribution in [0.1, 0.15) is 11.5 Å². The lowest BCUT2D eigenvalue weighted by atomic mass is 10.2. The minimum Gasteiger partial charge on any atom is -0.420 e. The second-order valence-corrected chi connectivity index (χ2v) is 5.81. The lowest BCUT2D eigenvalue weighted by Crippen LogP contribution is -2.24. The van der Waals surface area contributed by atoms with Crippen molar-refractivity contribution in [2.75, 3.05) is 0 Å². The lowest BCUT2D eigenvalue weighted by Gasteiger charge is -2.04. The zero-order valence-electron chi connectivity index (χ0n) is 11.5. The van der Waals surface area contributed by atoms with Crippen LogP contribution in [0.2, 0.25) is 5.02 Å². The summed E-state index contributed by atoms with van der Waals surface area (Å²) in [6, 6.07) is 9.23. The van der Waals surface area contributed by atoms with Crippen molar-refractivity contribution in [2.45, 2.75) is 13.0 Å². The topological polar surface area (TPSA) is 68.0 Å². The van der Waals surface area contributed by atoms with E-state index in [2.05, 4.69) is 15.5 Å². The molecule has 0 atom stereocenters. The predicted molar refractivity (Wildman–Crippen MR) is 84.6 cm³/mol. The van der Waals surface area contributed by atoms with Gasteiger partial charge in [0.05, 0.1) is 0 Å². The van der Waals surface area contributed by atoms with Gasteiger partial charge in [0.2, 0.25) is 17.7 Å². The number of nitrogens with zero attached hydrogens (tertiary/aromatic N) is 2. The van der Waals surface area contributed by atoms with E-state index in [4.69, 9.17) is 16.0 Å². The van der Waals surface area contributed by atoms with Crippen molar-refractivity contribution in [3.05, 3.63) is 57.6 Å². The fourth-order valence-corrected chi connectivity index (χ4v) is 2.72. The molecule has 1 N–H and O–H groups in total. The monoisotopic (exact) mass is 333 g/mol. The minimum atomic E-state index is -0.180. The average Bonchev–Trinajstić information content (AvgIpc) is 3.16. The fourth-order valence-electron chi connectivity index (χ4n) is 1.88. The molecule has 0 aliphatic heterocycles. The molecular weight excluding hydrogens is 322 g/mol. The molecule has 7 heteroatoms. The largest absolute Gasteiger partial charge is 0.420 e. The number of nitrogens with one attached hydrogen (secondary N) is 1. The van der Waals surface area contributed by atoms with Crippen LogP contribution in [-0.4, -0.2) is 16.1 Å². The highest BCUT2D eigenvalue weighted by atomic mass is 35.5. The number of hydrogen-bond donors (Lipinski definition) is 1. The number of aromatic nitrogens is 2. The normalized spacial score (nSPS) is 10.6. The standard InChI is InChI=1S/C15H12ClN3O2S/c16-12-3-1-2-10(6-12)8-17-13(20)7-14-18-19-15(21-14)11-4-5-22-9-11/h1-6,9H,7-8H2,(H,17,20). The minimum absolute atomic E-state index is 0.0533. The first-order valence-electron chi connectivity index (χ1n) is 6.57. The molecule has 0 aliphatic carbocycles. The third kappa shape index (κ3) is 3.72. The summed E-state index contributed by atoms with van der Waals surface area (Å²) in [7, 11) is 0. The van der Waals surface area contributed by atoms with Crippen LogP contribution in [0.15, 0.2) is 45.5 Å². The van der Waals surface area contributed by atoms with Gasteiger partial charge in [-0.2, -0.15) is 11.3 Å². The summed E-state index contributed by atoms with van der Waals surface area (Å²) < 4.78 is 5.47. The number of halogens is 1. The smallest absolute Gasteiger partial charge is 0.248 e. The summed E-state index contributed by atoms with van der Waals surface area (Å²) in [5, 5.41) is 15.1. The van der Waals surface area contributed by atoms with E-state index in [0.29, 0.717) is 23.3 Å². The van der Waals surface area contributed by atoms with Crippen molar-refractivity contribution in [1.82, 2.24) is 15.5 Å². The van der Waals surface area contributed by atoms with Crippen molar-refractivity contribution >= 4 is 28.8 Å². The van der Waals surface area contributed by atoms with Gasteiger partial charge in [-0.1, -0.05) is 23.7 Å². The van der Waals surface area contributed by atoms with Crippen LogP contribution in [0.3, 0.4) is 0 Å². The molecule has 0 unspecified atom stereocenters. The number of thiophene rings is 1. The van der Waals surface area contributed by atoms with Gasteiger partial charge < -0.3 is 9.73 Å². The second-order valence-electron chi connectivity index (χ2n) is 4.60. The number of rotatable bonds is 5. The van der Waals surface area contributed by atoms with E-state index in [1.807, 2.05) is 35.0 Å². The van der Waals surface area contributed by atoms with Gasteiger partial charge in [0, 0.05) is 22.5 Å². The summed E-state index contributed by atoms with van der Waals surface area (Å²) in [4.78, 5) is 11.9. The SMILES string of the molecule is O=C(Cc1nnc(-c2ccsc2)o1)NCc1cccc(Cl)c1. The summed E-state index contributed by atoms with van der Waals surface area (Å²) in [6.45, 7) is 0.408. The van der Waals surface area contributed by atoms with E-state index in [9.17, 15) is 4.79 Å². The maximum atomic E-state index is 11.9. The zero-order valence-corrected chi connectivity index (χ0v) is 13.0. The zero-order chi connectivity index (χ0) is 15.4. The molecule has 2 aromatic heterocycles. The van der Waals surface area contributed by atoms with Crippen LogP contribution >= 0.6 is 22.9 Å². The molecule has 3 rings (SSSR count). The molecule has 0 spiro atoms. The lowest BCUT2D eigenvalue weighted by molar-refractivity contribution is -0.120. The van der Waals surface area contributed by atoms with Crippen molar-refractivity contribution in [3.8, 4) is 11.5 Å². The summed E-state index contributed by atoms with van der Waals surface area (Å²) in [5.41, 5.74) is 1.80. The van der Waals surface area contributed by atoms with Crippen LogP contribution in [0.4, 0.5) is 0 Å². The number of hydrogen-bond acceptors (Lipinski definition) is 5. The Kier molecular flexibility index (Phi) is 4.50. The Balaban J connectivity index is 1.56. The van der Waals surface area contributed by atoms with E-state index < -0.39 is 0 Å². The van der Waals surface area contributed by atoms with Crippen molar-refractivity contribution in [3.63, 3.8) is 0 Å². The number of amides is 1. The Labute approximate surface area is 135 Å². The number of carbonyl (C=O) groups excluding carboxylic acids is 1. The molecule has 112 valence electrons. The molecule has 22 heavy (non-hydrogen) atoms. The second kappa shape index (κ2) is 6.72.